The van der Waals surface area contributed by atoms with Gasteiger partial charge in [0.2, 0.25) is 11.9 Å². The zero-order valence-corrected chi connectivity index (χ0v) is 23.3. The Balaban J connectivity index is 0.000000493. The quantitative estimate of drug-likeness (QED) is 0.486. The highest BCUT2D eigenvalue weighted by molar-refractivity contribution is 5.78. The van der Waals surface area contributed by atoms with E-state index in [1.165, 1.54) is 4.57 Å². The Morgan fingerprint density at radius 1 is 1.12 bits per heavy atom. The fourth-order valence-electron chi connectivity index (χ4n) is 5.46. The van der Waals surface area contributed by atoms with E-state index in [4.69, 9.17) is 19.6 Å². The van der Waals surface area contributed by atoms with Crippen LogP contribution >= 0.6 is 0 Å². The molecule has 0 aliphatic carbocycles. The maximum Gasteiger partial charge on any atom is 0.490 e. The number of rotatable bonds is 6. The summed E-state index contributed by atoms with van der Waals surface area (Å²) in [7, 11) is 1.63. The topological polar surface area (TPSA) is 144 Å². The Labute approximate surface area is 233 Å². The van der Waals surface area contributed by atoms with Gasteiger partial charge in [-0.25, -0.2) is 14.2 Å². The third kappa shape index (κ3) is 6.42. The van der Waals surface area contributed by atoms with Crippen LogP contribution in [0.25, 0.3) is 11.2 Å². The van der Waals surface area contributed by atoms with Crippen LogP contribution in [0.4, 0.5) is 19.1 Å². The summed E-state index contributed by atoms with van der Waals surface area (Å²) in [5.74, 6) is -1.22. The molecule has 2 aromatic heterocycles. The number of alkyl halides is 3. The highest BCUT2D eigenvalue weighted by Crippen LogP contribution is 2.33. The van der Waals surface area contributed by atoms with Crippen LogP contribution in [-0.2, 0) is 34.5 Å². The Hall–Kier alpha value is -3.40. The minimum absolute atomic E-state index is 0.241. The number of amides is 1. The number of anilines is 1. The van der Waals surface area contributed by atoms with Crippen molar-refractivity contribution in [2.45, 2.75) is 52.0 Å². The molecule has 0 aromatic carbocycles. The molecule has 2 N–H and O–H groups in total. The number of carboxylic acid groups (broad SMARTS) is 1. The van der Waals surface area contributed by atoms with Gasteiger partial charge in [0.1, 0.15) is 6.54 Å². The molecule has 3 fully saturated rings. The molecule has 5 rings (SSSR count). The van der Waals surface area contributed by atoms with Crippen molar-refractivity contribution in [2.24, 2.45) is 18.9 Å². The first-order chi connectivity index (χ1) is 19.3. The first kappa shape index (κ1) is 30.6. The van der Waals surface area contributed by atoms with Gasteiger partial charge in [0.15, 0.2) is 11.2 Å². The van der Waals surface area contributed by atoms with E-state index in [1.807, 2.05) is 4.57 Å². The number of fused-ring (bicyclic) bond motifs is 2. The normalized spacial score (nSPS) is 20.9. The van der Waals surface area contributed by atoms with Crippen LogP contribution in [0.1, 0.15) is 26.7 Å². The van der Waals surface area contributed by atoms with E-state index in [2.05, 4.69) is 24.1 Å². The minimum atomic E-state index is -5.08. The zero-order chi connectivity index (χ0) is 30.1. The molecule has 16 heteroatoms. The van der Waals surface area contributed by atoms with Gasteiger partial charge in [-0.2, -0.15) is 18.2 Å². The number of carbonyl (C=O) groups excluding carboxylic acids is 1. The molecule has 41 heavy (non-hydrogen) atoms. The van der Waals surface area contributed by atoms with Gasteiger partial charge in [-0.3, -0.25) is 14.2 Å². The summed E-state index contributed by atoms with van der Waals surface area (Å²) < 4.78 is 41.5. The predicted octanol–water partition coefficient (Wildman–Crippen LogP) is 0.233. The number of nitrogens with one attached hydrogen (secondary N) is 1. The highest BCUT2D eigenvalue weighted by Gasteiger charge is 2.40. The number of hydrogen-bond acceptors (Lipinski definition) is 8. The van der Waals surface area contributed by atoms with Crippen LogP contribution in [-0.4, -0.2) is 98.7 Å². The van der Waals surface area contributed by atoms with Crippen molar-refractivity contribution in [1.29, 1.82) is 0 Å². The third-order valence-corrected chi connectivity index (χ3v) is 7.74. The molecule has 5 heterocycles. The maximum atomic E-state index is 13.7. The number of aromatic nitrogens is 4. The molecule has 0 saturated carbocycles. The molecule has 1 amide bonds. The van der Waals surface area contributed by atoms with Crippen LogP contribution < -0.4 is 21.5 Å². The number of hydrogen-bond donors (Lipinski definition) is 2. The molecule has 3 aliphatic heterocycles. The first-order valence-corrected chi connectivity index (χ1v) is 13.6. The lowest BCUT2D eigenvalue weighted by Gasteiger charge is -2.27. The monoisotopic (exact) mass is 587 g/mol. The molecule has 0 radical (unpaired) electrons. The van der Waals surface area contributed by atoms with Crippen molar-refractivity contribution < 1.29 is 32.6 Å². The highest BCUT2D eigenvalue weighted by atomic mass is 19.4. The second-order valence-electron chi connectivity index (χ2n) is 10.9. The molecule has 0 spiro atoms. The molecule has 13 nitrogen and oxygen atoms in total. The van der Waals surface area contributed by atoms with Crippen molar-refractivity contribution in [3.63, 3.8) is 0 Å². The lowest BCUT2D eigenvalue weighted by Crippen LogP contribution is -2.47. The number of aryl methyl sites for hydroxylation is 2. The Bertz CT molecular complexity index is 1390. The smallest absolute Gasteiger partial charge is 0.475 e. The lowest BCUT2D eigenvalue weighted by molar-refractivity contribution is -0.192. The fraction of sp³-hybridized carbons (Fsp3) is 0.720. The minimum Gasteiger partial charge on any atom is -0.475 e. The standard InChI is InChI=1S/C23H35N7O4.C2HF3O2/c1-15(2)4-6-29-19-20(25-22(29)28-7-5-16-12-24-13-17(16)28)26(3)23(33)30(21(19)32)14-18(31)27-8-10-34-11-9-27;3-2(4,5)1(6)7/h15-17,24H,4-14H2,1-3H3;(H,6,7). The van der Waals surface area contributed by atoms with Gasteiger partial charge in [-0.1, -0.05) is 13.8 Å². The summed E-state index contributed by atoms with van der Waals surface area (Å²) >= 11 is 0. The molecule has 2 atom stereocenters. The average Bonchev–Trinajstić information content (AvgIpc) is 3.63. The second kappa shape index (κ2) is 12.2. The van der Waals surface area contributed by atoms with Crippen LogP contribution in [0.5, 0.6) is 0 Å². The molecule has 0 bridgehead atoms. The van der Waals surface area contributed by atoms with E-state index in [9.17, 15) is 27.6 Å². The predicted molar refractivity (Wildman–Crippen MR) is 142 cm³/mol. The number of carboxylic acids is 1. The van der Waals surface area contributed by atoms with E-state index in [-0.39, 0.29) is 12.5 Å². The van der Waals surface area contributed by atoms with E-state index in [1.54, 1.807) is 11.9 Å². The van der Waals surface area contributed by atoms with Crippen LogP contribution in [0, 0.1) is 11.8 Å². The number of carbonyl (C=O) groups is 2. The van der Waals surface area contributed by atoms with Gasteiger partial charge >= 0.3 is 17.8 Å². The Morgan fingerprint density at radius 2 is 1.78 bits per heavy atom. The van der Waals surface area contributed by atoms with Crippen molar-refractivity contribution in [3.8, 4) is 0 Å². The summed E-state index contributed by atoms with van der Waals surface area (Å²) in [6, 6.07) is 0.344. The molecule has 228 valence electrons. The van der Waals surface area contributed by atoms with Gasteiger partial charge in [-0.05, 0) is 24.7 Å². The van der Waals surface area contributed by atoms with Crippen molar-refractivity contribution in [1.82, 2.24) is 28.9 Å². The number of imidazole rings is 1. The van der Waals surface area contributed by atoms with Gasteiger partial charge in [-0.15, -0.1) is 0 Å². The number of ether oxygens (including phenoxy) is 1. The Kier molecular flexibility index (Phi) is 9.11. The van der Waals surface area contributed by atoms with E-state index in [0.29, 0.717) is 61.9 Å². The molecule has 2 unspecified atom stereocenters. The molecular weight excluding hydrogens is 551 g/mol. The molecule has 2 aromatic rings. The summed E-state index contributed by atoms with van der Waals surface area (Å²) in [5.41, 5.74) is -0.163. The molecule has 3 saturated heterocycles. The third-order valence-electron chi connectivity index (χ3n) is 7.74. The van der Waals surface area contributed by atoms with Crippen molar-refractivity contribution >= 4 is 29.0 Å². The van der Waals surface area contributed by atoms with E-state index >= 15 is 0 Å². The van der Waals surface area contributed by atoms with Gasteiger partial charge in [0, 0.05) is 52.4 Å². The summed E-state index contributed by atoms with van der Waals surface area (Å²) in [5, 5.41) is 10.6. The summed E-state index contributed by atoms with van der Waals surface area (Å²) in [6.07, 6.45) is -3.12. The van der Waals surface area contributed by atoms with Crippen LogP contribution in [0.2, 0.25) is 0 Å². The molecular formula is C25H36F3N7O6. The fourth-order valence-corrected chi connectivity index (χ4v) is 5.46. The maximum absolute atomic E-state index is 13.7. The second-order valence-corrected chi connectivity index (χ2v) is 10.9. The Morgan fingerprint density at radius 3 is 2.39 bits per heavy atom. The largest absolute Gasteiger partial charge is 0.490 e. The SMILES string of the molecule is CC(C)CCn1c(N2CCC3CNCC32)nc2c1c(=O)n(CC(=O)N1CCOCC1)c(=O)n2C.O=C(O)C(F)(F)F. The number of halogens is 3. The van der Waals surface area contributed by atoms with Crippen molar-refractivity contribution in [3.05, 3.63) is 20.8 Å². The van der Waals surface area contributed by atoms with Gasteiger partial charge in [0.05, 0.1) is 13.2 Å². The summed E-state index contributed by atoms with van der Waals surface area (Å²) in [6.45, 7) is 9.33. The van der Waals surface area contributed by atoms with Crippen LogP contribution in [0.15, 0.2) is 9.59 Å². The van der Waals surface area contributed by atoms with E-state index < -0.39 is 23.4 Å². The number of aliphatic carboxylic acids is 1. The number of nitrogens with zero attached hydrogens (tertiary/aromatic N) is 6. The van der Waals surface area contributed by atoms with Crippen molar-refractivity contribution in [2.75, 3.05) is 50.8 Å². The van der Waals surface area contributed by atoms with Gasteiger partial charge in [0.25, 0.3) is 5.56 Å². The lowest BCUT2D eigenvalue weighted by atomic mass is 10.1. The summed E-state index contributed by atoms with van der Waals surface area (Å²) in [4.78, 5) is 57.5. The zero-order valence-electron chi connectivity index (χ0n) is 23.3. The van der Waals surface area contributed by atoms with Gasteiger partial charge < -0.3 is 29.5 Å². The first-order valence-electron chi connectivity index (χ1n) is 13.6. The average molecular weight is 588 g/mol. The van der Waals surface area contributed by atoms with E-state index in [0.717, 1.165) is 43.0 Å². The number of morpholine rings is 1. The molecule has 3 aliphatic rings. The van der Waals surface area contributed by atoms with Crippen LogP contribution in [0.3, 0.4) is 0 Å².